The van der Waals surface area contributed by atoms with Crippen LogP contribution >= 0.6 is 0 Å². The van der Waals surface area contributed by atoms with E-state index in [1.54, 1.807) is 6.07 Å². The van der Waals surface area contributed by atoms with Gasteiger partial charge in [-0.2, -0.15) is 5.26 Å². The molecule has 0 atom stereocenters. The van der Waals surface area contributed by atoms with Gasteiger partial charge in [-0.15, -0.1) is 0 Å². The van der Waals surface area contributed by atoms with Crippen molar-refractivity contribution >= 4 is 5.97 Å². The van der Waals surface area contributed by atoms with E-state index in [4.69, 9.17) is 15.1 Å². The van der Waals surface area contributed by atoms with Gasteiger partial charge >= 0.3 is 5.97 Å². The summed E-state index contributed by atoms with van der Waals surface area (Å²) in [6.07, 6.45) is 0. The lowest BCUT2D eigenvalue weighted by Gasteiger charge is -2.08. The summed E-state index contributed by atoms with van der Waals surface area (Å²) in [6, 6.07) is 8.07. The van der Waals surface area contributed by atoms with E-state index >= 15 is 0 Å². The first-order valence-corrected chi connectivity index (χ1v) is 5.41. The first-order chi connectivity index (χ1) is 9.51. The molecule has 0 heterocycles. The minimum atomic E-state index is -1.19. The Morgan fingerprint density at radius 3 is 2.45 bits per heavy atom. The summed E-state index contributed by atoms with van der Waals surface area (Å²) in [5, 5.41) is 17.7. The summed E-state index contributed by atoms with van der Waals surface area (Å²) in [7, 11) is 0. The molecule has 100 valence electrons. The third kappa shape index (κ3) is 2.72. The van der Waals surface area contributed by atoms with Crippen molar-refractivity contribution < 1.29 is 23.4 Å². The quantitative estimate of drug-likeness (QED) is 0.932. The van der Waals surface area contributed by atoms with Crippen LogP contribution in [-0.2, 0) is 0 Å². The van der Waals surface area contributed by atoms with Crippen LogP contribution < -0.4 is 4.74 Å². The lowest BCUT2D eigenvalue weighted by atomic mass is 10.1. The van der Waals surface area contributed by atoms with Crippen molar-refractivity contribution in [1.82, 2.24) is 0 Å². The zero-order valence-electron chi connectivity index (χ0n) is 9.93. The van der Waals surface area contributed by atoms with Crippen LogP contribution in [0, 0.1) is 23.0 Å². The van der Waals surface area contributed by atoms with Crippen LogP contribution in [0.3, 0.4) is 0 Å². The minimum Gasteiger partial charge on any atom is -0.478 e. The molecule has 0 unspecified atom stereocenters. The number of ether oxygens (including phenoxy) is 1. The number of hydrogen-bond acceptors (Lipinski definition) is 3. The first kappa shape index (κ1) is 13.5. The van der Waals surface area contributed by atoms with Crippen molar-refractivity contribution in [2.45, 2.75) is 0 Å². The van der Waals surface area contributed by atoms with Gasteiger partial charge in [0.2, 0.25) is 0 Å². The van der Waals surface area contributed by atoms with Gasteiger partial charge in [0.15, 0.2) is 11.6 Å². The molecule has 20 heavy (non-hydrogen) atoms. The smallest absolute Gasteiger partial charge is 0.335 e. The third-order valence-corrected chi connectivity index (χ3v) is 2.46. The van der Waals surface area contributed by atoms with Gasteiger partial charge in [-0.25, -0.2) is 13.6 Å². The Morgan fingerprint density at radius 2 is 1.85 bits per heavy atom. The zero-order valence-corrected chi connectivity index (χ0v) is 9.93. The van der Waals surface area contributed by atoms with E-state index in [2.05, 4.69) is 0 Å². The van der Waals surface area contributed by atoms with E-state index in [9.17, 15) is 13.6 Å². The number of nitriles is 1. The fourth-order valence-corrected chi connectivity index (χ4v) is 1.52. The van der Waals surface area contributed by atoms with Gasteiger partial charge in [0.05, 0.1) is 11.1 Å². The molecule has 0 saturated heterocycles. The topological polar surface area (TPSA) is 70.3 Å². The molecule has 2 rings (SSSR count). The largest absolute Gasteiger partial charge is 0.478 e. The molecule has 4 nitrogen and oxygen atoms in total. The first-order valence-electron chi connectivity index (χ1n) is 5.41. The van der Waals surface area contributed by atoms with Crippen molar-refractivity contribution in [1.29, 1.82) is 5.26 Å². The number of halogens is 2. The highest BCUT2D eigenvalue weighted by Gasteiger charge is 2.12. The van der Waals surface area contributed by atoms with Crippen LogP contribution in [-0.4, -0.2) is 11.1 Å². The highest BCUT2D eigenvalue weighted by molar-refractivity contribution is 5.88. The van der Waals surface area contributed by atoms with Crippen LogP contribution in [0.5, 0.6) is 11.5 Å². The number of carbonyl (C=O) groups is 1. The molecule has 6 heteroatoms. The van der Waals surface area contributed by atoms with Gasteiger partial charge in [-0.1, -0.05) is 0 Å². The second kappa shape index (κ2) is 5.36. The molecule has 0 aliphatic heterocycles. The molecule has 0 spiro atoms. The van der Waals surface area contributed by atoms with Crippen LogP contribution in [0.4, 0.5) is 8.78 Å². The average Bonchev–Trinajstić information content (AvgIpc) is 2.42. The molecule has 0 aliphatic carbocycles. The van der Waals surface area contributed by atoms with E-state index in [0.29, 0.717) is 6.07 Å². The van der Waals surface area contributed by atoms with Gasteiger partial charge < -0.3 is 9.84 Å². The summed E-state index contributed by atoms with van der Waals surface area (Å²) in [6.45, 7) is 0. The molecule has 0 radical (unpaired) electrons. The molecule has 0 amide bonds. The molecular weight excluding hydrogens is 268 g/mol. The van der Waals surface area contributed by atoms with Crippen LogP contribution in [0.15, 0.2) is 36.4 Å². The summed E-state index contributed by atoms with van der Waals surface area (Å²) >= 11 is 0. The van der Waals surface area contributed by atoms with Crippen molar-refractivity contribution in [3.8, 4) is 17.6 Å². The average molecular weight is 275 g/mol. The van der Waals surface area contributed by atoms with Gasteiger partial charge in [0, 0.05) is 6.07 Å². The summed E-state index contributed by atoms with van der Waals surface area (Å²) in [5.41, 5.74) is -0.151. The van der Waals surface area contributed by atoms with Crippen LogP contribution in [0.2, 0.25) is 0 Å². The fourth-order valence-electron chi connectivity index (χ4n) is 1.52. The third-order valence-electron chi connectivity index (χ3n) is 2.46. The number of nitrogens with zero attached hydrogens (tertiary/aromatic N) is 1. The summed E-state index contributed by atoms with van der Waals surface area (Å²) in [4.78, 5) is 10.8. The Hall–Kier alpha value is -2.94. The molecule has 0 aliphatic rings. The van der Waals surface area contributed by atoms with E-state index in [-0.39, 0.29) is 22.6 Å². The lowest BCUT2D eigenvalue weighted by Crippen LogP contribution is -1.98. The van der Waals surface area contributed by atoms with Crippen LogP contribution in [0.1, 0.15) is 15.9 Å². The Balaban J connectivity index is 2.39. The lowest BCUT2D eigenvalue weighted by molar-refractivity contribution is 0.0697. The normalized spacial score (nSPS) is 9.85. The fraction of sp³-hybridized carbons (Fsp3) is 0. The van der Waals surface area contributed by atoms with E-state index < -0.39 is 17.6 Å². The molecule has 0 bridgehead atoms. The monoisotopic (exact) mass is 275 g/mol. The molecule has 0 saturated carbocycles. The minimum absolute atomic E-state index is 0.0111. The SMILES string of the molecule is N#Cc1cc(C(=O)O)ccc1Oc1ccc(F)cc1F. The van der Waals surface area contributed by atoms with Crippen molar-refractivity contribution in [2.75, 3.05) is 0 Å². The molecule has 2 aromatic carbocycles. The van der Waals surface area contributed by atoms with E-state index in [0.717, 1.165) is 18.2 Å². The zero-order chi connectivity index (χ0) is 14.7. The van der Waals surface area contributed by atoms with E-state index in [1.165, 1.54) is 12.1 Å². The van der Waals surface area contributed by atoms with Crippen molar-refractivity contribution in [3.63, 3.8) is 0 Å². The second-order valence-corrected chi connectivity index (χ2v) is 3.80. The standard InChI is InChI=1S/C14H7F2NO3/c15-10-2-4-13(11(16)6-10)20-12-3-1-8(14(18)19)5-9(12)7-17/h1-6H,(H,18,19). The van der Waals surface area contributed by atoms with Gasteiger partial charge in [0.25, 0.3) is 0 Å². The number of benzene rings is 2. The Morgan fingerprint density at radius 1 is 1.15 bits per heavy atom. The molecular formula is C14H7F2NO3. The number of hydrogen-bond donors (Lipinski definition) is 1. The van der Waals surface area contributed by atoms with Gasteiger partial charge in [0.1, 0.15) is 17.6 Å². The number of carboxylic acid groups (broad SMARTS) is 1. The maximum atomic E-state index is 13.4. The Kier molecular flexibility index (Phi) is 3.62. The van der Waals surface area contributed by atoms with Gasteiger partial charge in [-0.05, 0) is 30.3 Å². The molecule has 0 fully saturated rings. The molecule has 2 aromatic rings. The van der Waals surface area contributed by atoms with Gasteiger partial charge in [-0.3, -0.25) is 0 Å². The predicted octanol–water partition coefficient (Wildman–Crippen LogP) is 3.33. The number of carboxylic acids is 1. The number of rotatable bonds is 3. The molecule has 1 N–H and O–H groups in total. The predicted molar refractivity (Wildman–Crippen MR) is 64.5 cm³/mol. The van der Waals surface area contributed by atoms with Crippen molar-refractivity contribution in [2.24, 2.45) is 0 Å². The summed E-state index contributed by atoms with van der Waals surface area (Å²) < 4.78 is 31.4. The Labute approximate surface area is 112 Å². The maximum absolute atomic E-state index is 13.4. The summed E-state index contributed by atoms with van der Waals surface area (Å²) in [5.74, 6) is -3.14. The van der Waals surface area contributed by atoms with E-state index in [1.807, 2.05) is 0 Å². The number of aromatic carboxylic acids is 1. The van der Waals surface area contributed by atoms with Crippen LogP contribution in [0.25, 0.3) is 0 Å². The highest BCUT2D eigenvalue weighted by Crippen LogP contribution is 2.28. The maximum Gasteiger partial charge on any atom is 0.335 e. The highest BCUT2D eigenvalue weighted by atomic mass is 19.1. The Bertz CT molecular complexity index is 723. The van der Waals surface area contributed by atoms with Crippen molar-refractivity contribution in [3.05, 3.63) is 59.2 Å². The molecule has 0 aromatic heterocycles. The second-order valence-electron chi connectivity index (χ2n) is 3.80.